The molecule has 0 aliphatic carbocycles. The van der Waals surface area contributed by atoms with Gasteiger partial charge in [0.25, 0.3) is 0 Å². The van der Waals surface area contributed by atoms with Gasteiger partial charge in [-0.15, -0.1) is 0 Å². The molecule has 1 aliphatic heterocycles. The average molecular weight is 247 g/mol. The third-order valence-electron chi connectivity index (χ3n) is 2.85. The van der Waals surface area contributed by atoms with E-state index in [1.807, 2.05) is 0 Å². The molecule has 1 aliphatic rings. The molecule has 0 radical (unpaired) electrons. The van der Waals surface area contributed by atoms with Crippen LogP contribution >= 0.6 is 0 Å². The van der Waals surface area contributed by atoms with Crippen LogP contribution in [0.5, 0.6) is 5.88 Å². The summed E-state index contributed by atoms with van der Waals surface area (Å²) in [6.45, 7) is 5.21. The van der Waals surface area contributed by atoms with E-state index in [-0.39, 0.29) is 0 Å². The maximum Gasteiger partial charge on any atom is 0.231 e. The lowest BCUT2D eigenvalue weighted by atomic mass is 10.3. The van der Waals surface area contributed by atoms with E-state index >= 15 is 0 Å². The molecule has 18 heavy (non-hydrogen) atoms. The fraction of sp³-hybridized carbons (Fsp3) is 0.538. The van der Waals surface area contributed by atoms with Crippen molar-refractivity contribution in [3.8, 4) is 11.9 Å². The molecule has 0 saturated carbocycles. The molecule has 2 rings (SSSR count). The topological polar surface area (TPSA) is 58.4 Å². The number of hydrogen-bond acceptors (Lipinski definition) is 5. The van der Waals surface area contributed by atoms with Gasteiger partial charge in [-0.2, -0.15) is 5.26 Å². The molecular formula is C13H17N3O2. The van der Waals surface area contributed by atoms with Crippen LogP contribution in [0, 0.1) is 11.3 Å². The largest absolute Gasteiger partial charge is 0.477 e. The number of pyridine rings is 1. The third-order valence-corrected chi connectivity index (χ3v) is 2.85. The van der Waals surface area contributed by atoms with Gasteiger partial charge in [0.15, 0.2) is 0 Å². The summed E-state index contributed by atoms with van der Waals surface area (Å²) in [4.78, 5) is 6.41. The van der Waals surface area contributed by atoms with E-state index in [0.29, 0.717) is 18.1 Å². The predicted octanol–water partition coefficient (Wildman–Crippen LogP) is 1.05. The Morgan fingerprint density at radius 1 is 1.44 bits per heavy atom. The molecule has 0 N–H and O–H groups in total. The molecule has 5 heteroatoms. The standard InChI is InChI=1S/C13H17N3O2/c14-11-12-3-1-4-15-13(12)18-8-2-5-16-6-9-17-10-7-16/h1,3-4H,2,5-10H2. The van der Waals surface area contributed by atoms with Crippen LogP contribution in [0.15, 0.2) is 18.3 Å². The number of hydrogen-bond donors (Lipinski definition) is 0. The van der Waals surface area contributed by atoms with Gasteiger partial charge in [0.05, 0.1) is 19.8 Å². The zero-order valence-electron chi connectivity index (χ0n) is 10.3. The zero-order valence-corrected chi connectivity index (χ0v) is 10.3. The lowest BCUT2D eigenvalue weighted by Crippen LogP contribution is -2.37. The summed E-state index contributed by atoms with van der Waals surface area (Å²) in [6.07, 6.45) is 2.57. The normalized spacial score (nSPS) is 16.2. The summed E-state index contributed by atoms with van der Waals surface area (Å²) >= 11 is 0. The first-order valence-electron chi connectivity index (χ1n) is 6.18. The molecule has 0 unspecified atom stereocenters. The molecule has 0 atom stereocenters. The second-order valence-corrected chi connectivity index (χ2v) is 4.12. The first kappa shape index (κ1) is 12.8. The van der Waals surface area contributed by atoms with Crippen molar-refractivity contribution in [2.45, 2.75) is 6.42 Å². The van der Waals surface area contributed by atoms with E-state index in [9.17, 15) is 0 Å². The number of ether oxygens (including phenoxy) is 2. The predicted molar refractivity (Wildman–Crippen MR) is 66.3 cm³/mol. The first-order valence-corrected chi connectivity index (χ1v) is 6.18. The summed E-state index contributed by atoms with van der Waals surface area (Å²) in [5.74, 6) is 0.432. The molecule has 0 spiro atoms. The number of nitrogens with zero attached hydrogens (tertiary/aromatic N) is 3. The Morgan fingerprint density at radius 2 is 2.28 bits per heavy atom. The van der Waals surface area contributed by atoms with Crippen LogP contribution in [0.4, 0.5) is 0 Å². The van der Waals surface area contributed by atoms with E-state index < -0.39 is 0 Å². The van der Waals surface area contributed by atoms with Crippen molar-refractivity contribution in [3.05, 3.63) is 23.9 Å². The minimum atomic E-state index is 0.432. The summed E-state index contributed by atoms with van der Waals surface area (Å²) in [5.41, 5.74) is 0.490. The molecule has 0 aromatic carbocycles. The molecule has 5 nitrogen and oxygen atoms in total. The van der Waals surface area contributed by atoms with Crippen LogP contribution in [0.2, 0.25) is 0 Å². The lowest BCUT2D eigenvalue weighted by molar-refractivity contribution is 0.0357. The monoisotopic (exact) mass is 247 g/mol. The maximum atomic E-state index is 8.89. The highest BCUT2D eigenvalue weighted by atomic mass is 16.5. The number of morpholine rings is 1. The highest BCUT2D eigenvalue weighted by Gasteiger charge is 2.09. The van der Waals surface area contributed by atoms with Crippen LogP contribution in [-0.2, 0) is 4.74 Å². The Morgan fingerprint density at radius 3 is 3.06 bits per heavy atom. The van der Waals surface area contributed by atoms with Crippen molar-refractivity contribution in [2.75, 3.05) is 39.5 Å². The highest BCUT2D eigenvalue weighted by Crippen LogP contribution is 2.12. The number of nitriles is 1. The molecule has 2 heterocycles. The fourth-order valence-electron chi connectivity index (χ4n) is 1.87. The van der Waals surface area contributed by atoms with Gasteiger partial charge in [0.2, 0.25) is 5.88 Å². The highest BCUT2D eigenvalue weighted by molar-refractivity contribution is 5.36. The first-order chi connectivity index (χ1) is 8.90. The number of rotatable bonds is 5. The average Bonchev–Trinajstić information content (AvgIpc) is 2.45. The van der Waals surface area contributed by atoms with Gasteiger partial charge in [-0.25, -0.2) is 4.98 Å². The van der Waals surface area contributed by atoms with Gasteiger partial charge in [-0.1, -0.05) is 0 Å². The molecule has 0 bridgehead atoms. The van der Waals surface area contributed by atoms with E-state index in [0.717, 1.165) is 39.3 Å². The van der Waals surface area contributed by atoms with Crippen LogP contribution in [0.3, 0.4) is 0 Å². The summed E-state index contributed by atoms with van der Waals surface area (Å²) < 4.78 is 10.8. The van der Waals surface area contributed by atoms with E-state index in [2.05, 4.69) is 16.0 Å². The van der Waals surface area contributed by atoms with Crippen LogP contribution in [0.1, 0.15) is 12.0 Å². The van der Waals surface area contributed by atoms with E-state index in [1.165, 1.54) is 0 Å². The quantitative estimate of drug-likeness (QED) is 0.728. The van der Waals surface area contributed by atoms with Gasteiger partial charge in [0, 0.05) is 25.8 Å². The summed E-state index contributed by atoms with van der Waals surface area (Å²) in [6, 6.07) is 5.52. The fourth-order valence-corrected chi connectivity index (χ4v) is 1.87. The minimum absolute atomic E-state index is 0.432. The number of aromatic nitrogens is 1. The third kappa shape index (κ3) is 3.69. The second kappa shape index (κ2) is 6.94. The molecule has 96 valence electrons. The van der Waals surface area contributed by atoms with Crippen molar-refractivity contribution in [1.82, 2.24) is 9.88 Å². The SMILES string of the molecule is N#Cc1cccnc1OCCCN1CCOCC1. The van der Waals surface area contributed by atoms with Gasteiger partial charge < -0.3 is 9.47 Å². The van der Waals surface area contributed by atoms with Crippen molar-refractivity contribution in [3.63, 3.8) is 0 Å². The van der Waals surface area contributed by atoms with Gasteiger partial charge in [-0.3, -0.25) is 4.90 Å². The van der Waals surface area contributed by atoms with Crippen LogP contribution in [-0.4, -0.2) is 49.3 Å². The van der Waals surface area contributed by atoms with Crippen molar-refractivity contribution >= 4 is 0 Å². The van der Waals surface area contributed by atoms with Gasteiger partial charge >= 0.3 is 0 Å². The van der Waals surface area contributed by atoms with E-state index in [4.69, 9.17) is 14.7 Å². The van der Waals surface area contributed by atoms with Crippen molar-refractivity contribution in [2.24, 2.45) is 0 Å². The van der Waals surface area contributed by atoms with E-state index in [1.54, 1.807) is 18.3 Å². The Labute approximate surface area is 107 Å². The second-order valence-electron chi connectivity index (χ2n) is 4.12. The smallest absolute Gasteiger partial charge is 0.231 e. The Balaban J connectivity index is 1.70. The Hall–Kier alpha value is -1.64. The van der Waals surface area contributed by atoms with Crippen molar-refractivity contribution in [1.29, 1.82) is 5.26 Å². The molecule has 1 saturated heterocycles. The minimum Gasteiger partial charge on any atom is -0.477 e. The summed E-state index contributed by atoms with van der Waals surface area (Å²) in [5, 5.41) is 8.89. The van der Waals surface area contributed by atoms with Crippen LogP contribution in [0.25, 0.3) is 0 Å². The summed E-state index contributed by atoms with van der Waals surface area (Å²) in [7, 11) is 0. The zero-order chi connectivity index (χ0) is 12.6. The molecule has 0 amide bonds. The molecule has 1 aromatic heterocycles. The maximum absolute atomic E-state index is 8.89. The van der Waals surface area contributed by atoms with Gasteiger partial charge in [0.1, 0.15) is 11.6 Å². The molecular weight excluding hydrogens is 230 g/mol. The van der Waals surface area contributed by atoms with Crippen LogP contribution < -0.4 is 4.74 Å². The lowest BCUT2D eigenvalue weighted by Gasteiger charge is -2.26. The molecule has 1 fully saturated rings. The molecule has 1 aromatic rings. The van der Waals surface area contributed by atoms with Crippen molar-refractivity contribution < 1.29 is 9.47 Å². The Kier molecular flexibility index (Phi) is 4.94. The van der Waals surface area contributed by atoms with Gasteiger partial charge in [-0.05, 0) is 18.6 Å². The Bertz CT molecular complexity index is 411.